The van der Waals surface area contributed by atoms with Crippen LogP contribution in [0.15, 0.2) is 84.9 Å². The van der Waals surface area contributed by atoms with E-state index >= 15 is 0 Å². The van der Waals surface area contributed by atoms with Gasteiger partial charge in [-0.25, -0.2) is 0 Å². The van der Waals surface area contributed by atoms with E-state index in [0.29, 0.717) is 18.2 Å². The molecule has 2 aliphatic heterocycles. The van der Waals surface area contributed by atoms with Gasteiger partial charge < -0.3 is 10.0 Å². The number of rotatable bonds is 3. The number of phenols is 1. The van der Waals surface area contributed by atoms with Crippen LogP contribution >= 0.6 is 0 Å². The number of amides is 1. The van der Waals surface area contributed by atoms with Gasteiger partial charge in [-0.15, -0.1) is 0 Å². The zero-order valence-electron chi connectivity index (χ0n) is 19.4. The number of aromatic hydroxyl groups is 1. The highest BCUT2D eigenvalue weighted by Gasteiger charge is 2.47. The zero-order chi connectivity index (χ0) is 23.0. The van der Waals surface area contributed by atoms with Crippen molar-refractivity contribution in [3.8, 4) is 5.75 Å². The van der Waals surface area contributed by atoms with Crippen molar-refractivity contribution in [1.82, 2.24) is 9.80 Å². The van der Waals surface area contributed by atoms with E-state index in [1.54, 1.807) is 6.07 Å². The van der Waals surface area contributed by atoms with Crippen LogP contribution in [-0.4, -0.2) is 46.5 Å². The molecule has 0 bridgehead atoms. The van der Waals surface area contributed by atoms with Crippen molar-refractivity contribution >= 4 is 5.91 Å². The summed E-state index contributed by atoms with van der Waals surface area (Å²) in [7, 11) is 0. The van der Waals surface area contributed by atoms with E-state index in [4.69, 9.17) is 0 Å². The third-order valence-corrected chi connectivity index (χ3v) is 7.93. The van der Waals surface area contributed by atoms with Crippen LogP contribution in [0.1, 0.15) is 47.8 Å². The molecule has 4 atom stereocenters. The van der Waals surface area contributed by atoms with Gasteiger partial charge in [-0.05, 0) is 53.1 Å². The number of piperazine rings is 1. The Balaban J connectivity index is 1.48. The first-order valence-electron chi connectivity index (χ1n) is 11.9. The number of benzene rings is 3. The van der Waals surface area contributed by atoms with Gasteiger partial charge in [-0.1, -0.05) is 74.5 Å². The number of fused-ring (bicyclic) bond motifs is 1. The van der Waals surface area contributed by atoms with Gasteiger partial charge >= 0.3 is 0 Å². The number of carbonyl (C=O) groups excluding carboxylic acids is 1. The normalized spacial score (nSPS) is 27.7. The molecule has 2 fully saturated rings. The Bertz CT molecular complexity index is 1120. The lowest BCUT2D eigenvalue weighted by molar-refractivity contribution is -0.0241. The molecular weight excluding hydrogens is 408 g/mol. The van der Waals surface area contributed by atoms with E-state index < -0.39 is 0 Å². The Labute approximate surface area is 196 Å². The molecule has 1 N–H and O–H groups in total. The first-order valence-corrected chi connectivity index (χ1v) is 11.9. The predicted octanol–water partition coefficient (Wildman–Crippen LogP) is 5.26. The minimum atomic E-state index is -0.0546. The van der Waals surface area contributed by atoms with Crippen LogP contribution in [0.5, 0.6) is 5.75 Å². The van der Waals surface area contributed by atoms with Gasteiger partial charge in [0, 0.05) is 31.2 Å². The summed E-state index contributed by atoms with van der Waals surface area (Å²) in [5.41, 5.74) is 3.06. The minimum absolute atomic E-state index is 0.0347. The van der Waals surface area contributed by atoms with Crippen LogP contribution in [-0.2, 0) is 5.41 Å². The summed E-state index contributed by atoms with van der Waals surface area (Å²) >= 11 is 0. The highest BCUT2D eigenvalue weighted by atomic mass is 16.3. The highest BCUT2D eigenvalue weighted by Crippen LogP contribution is 2.45. The smallest absolute Gasteiger partial charge is 0.254 e. The number of carbonyl (C=O) groups is 1. The second-order valence-electron chi connectivity index (χ2n) is 9.93. The average Bonchev–Trinajstić information content (AvgIpc) is 2.85. The van der Waals surface area contributed by atoms with Crippen LogP contribution in [0.2, 0.25) is 0 Å². The lowest BCUT2D eigenvalue weighted by Gasteiger charge is -2.55. The van der Waals surface area contributed by atoms with Gasteiger partial charge in [0.15, 0.2) is 0 Å². The molecule has 170 valence electrons. The van der Waals surface area contributed by atoms with E-state index in [2.05, 4.69) is 54.0 Å². The fourth-order valence-electron chi connectivity index (χ4n) is 5.80. The van der Waals surface area contributed by atoms with E-state index in [-0.39, 0.29) is 23.4 Å². The predicted molar refractivity (Wildman–Crippen MR) is 131 cm³/mol. The molecule has 3 aromatic carbocycles. The van der Waals surface area contributed by atoms with Crippen LogP contribution in [0.3, 0.4) is 0 Å². The first-order chi connectivity index (χ1) is 16.0. The second-order valence-corrected chi connectivity index (χ2v) is 9.93. The summed E-state index contributed by atoms with van der Waals surface area (Å²) in [6.07, 6.45) is 0.956. The maximum absolute atomic E-state index is 13.7. The summed E-state index contributed by atoms with van der Waals surface area (Å²) in [5, 5.41) is 10.1. The number of nitrogens with zero attached hydrogens (tertiary/aromatic N) is 2. The van der Waals surface area contributed by atoms with Crippen molar-refractivity contribution in [3.63, 3.8) is 0 Å². The van der Waals surface area contributed by atoms with Gasteiger partial charge in [0.05, 0.1) is 6.04 Å². The lowest BCUT2D eigenvalue weighted by atomic mass is 9.65. The molecule has 0 unspecified atom stereocenters. The molecular formula is C29H32N2O2. The number of piperidine rings is 1. The quantitative estimate of drug-likeness (QED) is 0.604. The largest absolute Gasteiger partial charge is 0.508 e. The van der Waals surface area contributed by atoms with E-state index in [0.717, 1.165) is 25.1 Å². The fraction of sp³-hybridized carbons (Fsp3) is 0.345. The molecule has 1 amide bonds. The topological polar surface area (TPSA) is 43.8 Å². The van der Waals surface area contributed by atoms with Crippen LogP contribution in [0.4, 0.5) is 0 Å². The molecule has 0 aromatic heterocycles. The molecule has 0 radical (unpaired) electrons. The lowest BCUT2D eigenvalue weighted by Crippen LogP contribution is -2.62. The number of hydrogen-bond acceptors (Lipinski definition) is 3. The van der Waals surface area contributed by atoms with Crippen molar-refractivity contribution in [2.24, 2.45) is 5.92 Å². The third-order valence-electron chi connectivity index (χ3n) is 7.93. The zero-order valence-corrected chi connectivity index (χ0v) is 19.4. The molecule has 0 saturated carbocycles. The Morgan fingerprint density at radius 2 is 1.61 bits per heavy atom. The SMILES string of the molecule is C[C@H]1CN2C[C@H](c3ccccc3)N(C(=O)c3ccccc3)C[C@H]2C[C@@]1(C)c1cccc(O)c1. The summed E-state index contributed by atoms with van der Waals surface area (Å²) < 4.78 is 0. The molecule has 33 heavy (non-hydrogen) atoms. The van der Waals surface area contributed by atoms with Crippen LogP contribution < -0.4 is 0 Å². The van der Waals surface area contributed by atoms with Gasteiger partial charge in [0.25, 0.3) is 5.91 Å². The second kappa shape index (κ2) is 8.68. The van der Waals surface area contributed by atoms with Gasteiger partial charge in [0.1, 0.15) is 5.75 Å². The molecule has 0 spiro atoms. The molecule has 2 heterocycles. The molecule has 4 heteroatoms. The van der Waals surface area contributed by atoms with Gasteiger partial charge in [0.2, 0.25) is 0 Å². The van der Waals surface area contributed by atoms with Crippen molar-refractivity contribution in [2.45, 2.75) is 37.8 Å². The van der Waals surface area contributed by atoms with Crippen molar-refractivity contribution in [3.05, 3.63) is 102 Å². The van der Waals surface area contributed by atoms with Gasteiger partial charge in [-0.3, -0.25) is 9.69 Å². The molecule has 4 nitrogen and oxygen atoms in total. The Hall–Kier alpha value is -3.11. The van der Waals surface area contributed by atoms with Crippen molar-refractivity contribution in [1.29, 1.82) is 0 Å². The summed E-state index contributed by atoms with van der Waals surface area (Å²) in [4.78, 5) is 18.3. The van der Waals surface area contributed by atoms with E-state index in [1.165, 1.54) is 11.1 Å². The van der Waals surface area contributed by atoms with Crippen molar-refractivity contribution in [2.75, 3.05) is 19.6 Å². The third kappa shape index (κ3) is 4.04. The number of phenolic OH excluding ortho intramolecular Hbond substituents is 1. The van der Waals surface area contributed by atoms with Gasteiger partial charge in [-0.2, -0.15) is 0 Å². The molecule has 2 aliphatic rings. The maximum Gasteiger partial charge on any atom is 0.254 e. The monoisotopic (exact) mass is 440 g/mol. The molecule has 3 aromatic rings. The van der Waals surface area contributed by atoms with E-state index in [1.807, 2.05) is 48.5 Å². The summed E-state index contributed by atoms with van der Waals surface area (Å²) in [6, 6.07) is 28.1. The number of hydrogen-bond donors (Lipinski definition) is 1. The standard InChI is InChI=1S/C29H32N2O2/c1-21-18-30-20-27(22-10-5-3-6-11-22)31(28(33)23-12-7-4-8-13-23)19-25(30)17-29(21,2)24-14-9-15-26(32)16-24/h3-16,21,25,27,32H,17-20H2,1-2H3/t21-,25+,27+,29+/m0/s1. The highest BCUT2D eigenvalue weighted by molar-refractivity contribution is 5.94. The fourth-order valence-corrected chi connectivity index (χ4v) is 5.80. The summed E-state index contributed by atoms with van der Waals surface area (Å²) in [6.45, 7) is 7.16. The minimum Gasteiger partial charge on any atom is -0.508 e. The van der Waals surface area contributed by atoms with Crippen LogP contribution in [0, 0.1) is 5.92 Å². The average molecular weight is 441 g/mol. The van der Waals surface area contributed by atoms with E-state index in [9.17, 15) is 9.90 Å². The maximum atomic E-state index is 13.7. The van der Waals surface area contributed by atoms with Crippen molar-refractivity contribution < 1.29 is 9.90 Å². The first kappa shape index (κ1) is 21.7. The molecule has 2 saturated heterocycles. The molecule has 0 aliphatic carbocycles. The molecule has 5 rings (SSSR count). The Kier molecular flexibility index (Phi) is 5.71. The Morgan fingerprint density at radius 1 is 0.909 bits per heavy atom. The van der Waals surface area contributed by atoms with Crippen LogP contribution in [0.25, 0.3) is 0 Å². The Morgan fingerprint density at radius 3 is 2.30 bits per heavy atom. The summed E-state index contributed by atoms with van der Waals surface area (Å²) in [5.74, 6) is 0.849.